The quantitative estimate of drug-likeness (QED) is 0.828. The van der Waals surface area contributed by atoms with Crippen LogP contribution in [0.1, 0.15) is 43.3 Å². The zero-order valence-electron chi connectivity index (χ0n) is 12.9. The van der Waals surface area contributed by atoms with E-state index in [1.165, 1.54) is 11.1 Å². The smallest absolute Gasteiger partial charge is 0.138 e. The Morgan fingerprint density at radius 2 is 2.14 bits per heavy atom. The van der Waals surface area contributed by atoms with Crippen molar-refractivity contribution in [3.63, 3.8) is 0 Å². The van der Waals surface area contributed by atoms with Crippen molar-refractivity contribution in [3.8, 4) is 0 Å². The van der Waals surface area contributed by atoms with Crippen LogP contribution in [0.4, 0.5) is 0 Å². The molecule has 1 unspecified atom stereocenters. The highest BCUT2D eigenvalue weighted by molar-refractivity contribution is 9.10. The van der Waals surface area contributed by atoms with Crippen molar-refractivity contribution in [2.24, 2.45) is 0 Å². The summed E-state index contributed by atoms with van der Waals surface area (Å²) in [4.78, 5) is 4.40. The maximum atomic E-state index is 4.40. The standard InChI is InChI=1S/C16H23BrN4/c1-4-8-18-15(10-16-19-11-20-21(16)5-2)13-7-6-12(3)9-14(13)17/h6-7,9,11,15,18H,4-5,8,10H2,1-3H3. The number of aryl methyl sites for hydroxylation is 2. The maximum absolute atomic E-state index is 4.40. The van der Waals surface area contributed by atoms with Gasteiger partial charge in [-0.3, -0.25) is 4.68 Å². The molecule has 5 heteroatoms. The molecule has 0 fully saturated rings. The van der Waals surface area contributed by atoms with E-state index in [-0.39, 0.29) is 6.04 Å². The van der Waals surface area contributed by atoms with Gasteiger partial charge in [0.2, 0.25) is 0 Å². The number of aromatic nitrogens is 3. The third-order valence-corrected chi connectivity index (χ3v) is 4.24. The lowest BCUT2D eigenvalue weighted by molar-refractivity contribution is 0.495. The van der Waals surface area contributed by atoms with Gasteiger partial charge in [-0.2, -0.15) is 5.10 Å². The third-order valence-electron chi connectivity index (χ3n) is 3.55. The van der Waals surface area contributed by atoms with Gasteiger partial charge < -0.3 is 5.32 Å². The van der Waals surface area contributed by atoms with Gasteiger partial charge in [-0.05, 0) is 44.0 Å². The van der Waals surface area contributed by atoms with Crippen molar-refractivity contribution in [2.75, 3.05) is 6.54 Å². The molecule has 2 rings (SSSR count). The first-order valence-corrected chi connectivity index (χ1v) is 8.31. The van der Waals surface area contributed by atoms with Crippen LogP contribution in [0.2, 0.25) is 0 Å². The summed E-state index contributed by atoms with van der Waals surface area (Å²) in [6.07, 6.45) is 3.59. The van der Waals surface area contributed by atoms with E-state index in [1.54, 1.807) is 6.33 Å². The highest BCUT2D eigenvalue weighted by Crippen LogP contribution is 2.27. The number of benzene rings is 1. The Morgan fingerprint density at radius 1 is 1.33 bits per heavy atom. The van der Waals surface area contributed by atoms with E-state index < -0.39 is 0 Å². The predicted molar refractivity (Wildman–Crippen MR) is 89.3 cm³/mol. The van der Waals surface area contributed by atoms with Crippen LogP contribution in [0.15, 0.2) is 29.0 Å². The zero-order valence-corrected chi connectivity index (χ0v) is 14.5. The maximum Gasteiger partial charge on any atom is 0.138 e. The molecule has 1 aromatic heterocycles. The van der Waals surface area contributed by atoms with Gasteiger partial charge in [0, 0.05) is 23.5 Å². The Balaban J connectivity index is 2.25. The molecule has 0 aliphatic carbocycles. The number of nitrogens with zero attached hydrogens (tertiary/aromatic N) is 3. The lowest BCUT2D eigenvalue weighted by Crippen LogP contribution is -2.26. The molecule has 0 spiro atoms. The van der Waals surface area contributed by atoms with Crippen molar-refractivity contribution in [2.45, 2.75) is 46.2 Å². The number of halogens is 1. The van der Waals surface area contributed by atoms with Crippen molar-refractivity contribution in [1.29, 1.82) is 0 Å². The van der Waals surface area contributed by atoms with Crippen molar-refractivity contribution >= 4 is 15.9 Å². The summed E-state index contributed by atoms with van der Waals surface area (Å²) in [5.41, 5.74) is 2.54. The normalized spacial score (nSPS) is 12.6. The fourth-order valence-electron chi connectivity index (χ4n) is 2.42. The largest absolute Gasteiger partial charge is 0.310 e. The summed E-state index contributed by atoms with van der Waals surface area (Å²) in [5, 5.41) is 7.89. The van der Waals surface area contributed by atoms with Gasteiger partial charge in [0.15, 0.2) is 0 Å². The van der Waals surface area contributed by atoms with Crippen LogP contribution in [0.5, 0.6) is 0 Å². The van der Waals surface area contributed by atoms with Gasteiger partial charge in [0.1, 0.15) is 12.2 Å². The molecule has 1 aromatic carbocycles. The van der Waals surface area contributed by atoms with Crippen LogP contribution in [0.3, 0.4) is 0 Å². The Bertz CT molecular complexity index is 579. The van der Waals surface area contributed by atoms with Gasteiger partial charge in [0.25, 0.3) is 0 Å². The van der Waals surface area contributed by atoms with Crippen LogP contribution in [0, 0.1) is 6.92 Å². The Hall–Kier alpha value is -1.20. The minimum Gasteiger partial charge on any atom is -0.310 e. The molecule has 4 nitrogen and oxygen atoms in total. The van der Waals surface area contributed by atoms with E-state index in [0.29, 0.717) is 0 Å². The lowest BCUT2D eigenvalue weighted by Gasteiger charge is -2.20. The molecule has 0 radical (unpaired) electrons. The fraction of sp³-hybridized carbons (Fsp3) is 0.500. The molecule has 0 saturated heterocycles. The average Bonchev–Trinajstić information content (AvgIpc) is 2.91. The van der Waals surface area contributed by atoms with Crippen LogP contribution in [-0.4, -0.2) is 21.3 Å². The average molecular weight is 351 g/mol. The third kappa shape index (κ3) is 4.14. The van der Waals surface area contributed by atoms with Crippen LogP contribution in [0.25, 0.3) is 0 Å². The molecule has 0 aliphatic rings. The predicted octanol–water partition coefficient (Wildman–Crippen LogP) is 3.65. The molecule has 0 amide bonds. The molecule has 1 heterocycles. The van der Waals surface area contributed by atoms with Gasteiger partial charge in [-0.1, -0.05) is 35.0 Å². The van der Waals surface area contributed by atoms with Gasteiger partial charge >= 0.3 is 0 Å². The number of rotatable bonds is 7. The van der Waals surface area contributed by atoms with E-state index in [2.05, 4.69) is 70.3 Å². The molecule has 1 atom stereocenters. The van der Waals surface area contributed by atoms with E-state index in [9.17, 15) is 0 Å². The Kier molecular flexibility index (Phi) is 5.94. The second-order valence-corrected chi connectivity index (χ2v) is 6.08. The Labute approximate surface area is 135 Å². The zero-order chi connectivity index (χ0) is 15.2. The molecule has 0 bridgehead atoms. The summed E-state index contributed by atoms with van der Waals surface area (Å²) < 4.78 is 3.11. The SMILES string of the molecule is CCCNC(Cc1ncnn1CC)c1ccc(C)cc1Br. The molecule has 0 aliphatic heterocycles. The van der Waals surface area contributed by atoms with Crippen molar-refractivity contribution in [1.82, 2.24) is 20.1 Å². The second kappa shape index (κ2) is 7.71. The molecule has 21 heavy (non-hydrogen) atoms. The molecular formula is C16H23BrN4. The highest BCUT2D eigenvalue weighted by atomic mass is 79.9. The van der Waals surface area contributed by atoms with Gasteiger partial charge in [0.05, 0.1) is 0 Å². The Morgan fingerprint density at radius 3 is 2.81 bits per heavy atom. The topological polar surface area (TPSA) is 42.7 Å². The first kappa shape index (κ1) is 16.2. The summed E-state index contributed by atoms with van der Waals surface area (Å²) in [7, 11) is 0. The summed E-state index contributed by atoms with van der Waals surface area (Å²) in [6, 6.07) is 6.76. The van der Waals surface area contributed by atoms with Crippen molar-refractivity contribution in [3.05, 3.63) is 46.0 Å². The highest BCUT2D eigenvalue weighted by Gasteiger charge is 2.17. The van der Waals surface area contributed by atoms with Gasteiger partial charge in [-0.15, -0.1) is 0 Å². The summed E-state index contributed by atoms with van der Waals surface area (Å²) in [5.74, 6) is 1.03. The van der Waals surface area contributed by atoms with Crippen LogP contribution < -0.4 is 5.32 Å². The number of hydrogen-bond acceptors (Lipinski definition) is 3. The molecule has 114 valence electrons. The van der Waals surface area contributed by atoms with Crippen LogP contribution in [-0.2, 0) is 13.0 Å². The lowest BCUT2D eigenvalue weighted by atomic mass is 10.0. The first-order chi connectivity index (χ1) is 10.2. The molecule has 1 N–H and O–H groups in total. The van der Waals surface area contributed by atoms with Crippen molar-refractivity contribution < 1.29 is 0 Å². The summed E-state index contributed by atoms with van der Waals surface area (Å²) >= 11 is 3.70. The number of hydrogen-bond donors (Lipinski definition) is 1. The van der Waals surface area contributed by atoms with E-state index >= 15 is 0 Å². The van der Waals surface area contributed by atoms with E-state index in [1.807, 2.05) is 4.68 Å². The molecule has 0 saturated carbocycles. The van der Waals surface area contributed by atoms with Crippen LogP contribution >= 0.6 is 15.9 Å². The monoisotopic (exact) mass is 350 g/mol. The number of nitrogens with one attached hydrogen (secondary N) is 1. The second-order valence-electron chi connectivity index (χ2n) is 5.23. The first-order valence-electron chi connectivity index (χ1n) is 7.51. The van der Waals surface area contributed by atoms with Gasteiger partial charge in [-0.25, -0.2) is 4.98 Å². The minimum absolute atomic E-state index is 0.245. The van der Waals surface area contributed by atoms with E-state index in [4.69, 9.17) is 0 Å². The summed E-state index contributed by atoms with van der Waals surface area (Å²) in [6.45, 7) is 8.23. The van der Waals surface area contributed by atoms with E-state index in [0.717, 1.165) is 36.2 Å². The molecular weight excluding hydrogens is 328 g/mol. The fourth-order valence-corrected chi connectivity index (χ4v) is 3.19. The molecule has 2 aromatic rings. The minimum atomic E-state index is 0.245.